The second kappa shape index (κ2) is 3.26. The first kappa shape index (κ1) is 8.38. The average Bonchev–Trinajstić information content (AvgIpc) is 2.17. The summed E-state index contributed by atoms with van der Waals surface area (Å²) in [6, 6.07) is 7.96. The maximum absolute atomic E-state index is 5.71. The molecule has 0 aromatic heterocycles. The summed E-state index contributed by atoms with van der Waals surface area (Å²) in [5.74, 6) is 1.66. The van der Waals surface area contributed by atoms with Crippen molar-refractivity contribution in [3.63, 3.8) is 0 Å². The molecule has 1 aliphatic heterocycles. The van der Waals surface area contributed by atoms with Crippen molar-refractivity contribution in [2.24, 2.45) is 0 Å². The van der Waals surface area contributed by atoms with Gasteiger partial charge in [0.2, 0.25) is 0 Å². The molecule has 0 radical (unpaired) electrons. The fraction of sp³-hybridized carbons (Fsp3) is 0.400. The van der Waals surface area contributed by atoms with E-state index in [1.807, 2.05) is 31.2 Å². The van der Waals surface area contributed by atoms with E-state index in [1.54, 1.807) is 0 Å². The first-order valence-electron chi connectivity index (χ1n) is 4.49. The minimum Gasteiger partial charge on any atom is -0.486 e. The van der Waals surface area contributed by atoms with Crippen molar-refractivity contribution >= 4 is 0 Å². The van der Waals surface area contributed by atoms with Crippen LogP contribution in [-0.2, 0) is 0 Å². The van der Waals surface area contributed by atoms with Crippen molar-refractivity contribution in [2.75, 3.05) is 6.61 Å². The van der Waals surface area contributed by atoms with Gasteiger partial charge in [0.25, 0.3) is 0 Å². The van der Waals surface area contributed by atoms with Crippen LogP contribution in [0.1, 0.15) is 6.92 Å². The molecule has 0 spiro atoms. The van der Waals surface area contributed by atoms with Gasteiger partial charge in [-0.15, -0.1) is 0 Å². The second-order valence-corrected chi connectivity index (χ2v) is 3.39. The SMILES string of the molecule is CC([NH3+])C1COc2ccccc2O1. The first-order chi connectivity index (χ1) is 6.27. The molecular formula is C10H14NO2+. The lowest BCUT2D eigenvalue weighted by Crippen LogP contribution is -2.67. The quantitative estimate of drug-likeness (QED) is 0.682. The number of hydrogen-bond donors (Lipinski definition) is 1. The molecule has 3 N–H and O–H groups in total. The Kier molecular flexibility index (Phi) is 2.10. The molecule has 0 fully saturated rings. The summed E-state index contributed by atoms with van der Waals surface area (Å²) in [4.78, 5) is 0. The lowest BCUT2D eigenvalue weighted by atomic mass is 10.2. The molecule has 1 aliphatic rings. The first-order valence-corrected chi connectivity index (χ1v) is 4.49. The fourth-order valence-electron chi connectivity index (χ4n) is 1.32. The number of para-hydroxylation sites is 2. The standard InChI is InChI=1S/C10H13NO2/c1-7(11)10-6-12-8-4-2-3-5-9(8)13-10/h2-5,7,10H,6,11H2,1H3/p+1. The van der Waals surface area contributed by atoms with Crippen molar-refractivity contribution in [2.45, 2.75) is 19.1 Å². The zero-order chi connectivity index (χ0) is 9.26. The number of quaternary nitrogens is 1. The Morgan fingerprint density at radius 3 is 2.77 bits per heavy atom. The highest BCUT2D eigenvalue weighted by molar-refractivity contribution is 5.40. The van der Waals surface area contributed by atoms with Gasteiger partial charge in [0.1, 0.15) is 12.6 Å². The van der Waals surface area contributed by atoms with Crippen molar-refractivity contribution < 1.29 is 15.2 Å². The van der Waals surface area contributed by atoms with E-state index in [4.69, 9.17) is 9.47 Å². The van der Waals surface area contributed by atoms with E-state index in [0.717, 1.165) is 11.5 Å². The highest BCUT2D eigenvalue weighted by Crippen LogP contribution is 2.30. The molecule has 0 saturated carbocycles. The largest absolute Gasteiger partial charge is 0.486 e. The van der Waals surface area contributed by atoms with Gasteiger partial charge in [-0.1, -0.05) is 12.1 Å². The van der Waals surface area contributed by atoms with Gasteiger partial charge in [-0.05, 0) is 19.1 Å². The third-order valence-electron chi connectivity index (χ3n) is 2.17. The van der Waals surface area contributed by atoms with Crippen LogP contribution in [0.4, 0.5) is 0 Å². The number of benzene rings is 1. The molecule has 0 saturated heterocycles. The predicted octanol–water partition coefficient (Wildman–Crippen LogP) is 0.457. The smallest absolute Gasteiger partial charge is 0.183 e. The minimum atomic E-state index is 0.0786. The third-order valence-corrected chi connectivity index (χ3v) is 2.17. The Morgan fingerprint density at radius 1 is 1.38 bits per heavy atom. The summed E-state index contributed by atoms with van der Waals surface area (Å²) in [7, 11) is 0. The molecule has 70 valence electrons. The number of hydrogen-bond acceptors (Lipinski definition) is 2. The molecular weight excluding hydrogens is 166 g/mol. The minimum absolute atomic E-state index is 0.0786. The van der Waals surface area contributed by atoms with Gasteiger partial charge in [-0.25, -0.2) is 0 Å². The van der Waals surface area contributed by atoms with E-state index in [2.05, 4.69) is 5.73 Å². The molecule has 3 heteroatoms. The van der Waals surface area contributed by atoms with Gasteiger partial charge in [0, 0.05) is 0 Å². The van der Waals surface area contributed by atoms with E-state index in [0.29, 0.717) is 6.61 Å². The van der Waals surface area contributed by atoms with Crippen molar-refractivity contribution in [1.82, 2.24) is 0 Å². The second-order valence-electron chi connectivity index (χ2n) is 3.39. The number of rotatable bonds is 1. The summed E-state index contributed by atoms with van der Waals surface area (Å²) in [6.45, 7) is 2.63. The van der Waals surface area contributed by atoms with Gasteiger partial charge >= 0.3 is 0 Å². The van der Waals surface area contributed by atoms with Crippen LogP contribution in [-0.4, -0.2) is 18.8 Å². The van der Waals surface area contributed by atoms with E-state index < -0.39 is 0 Å². The monoisotopic (exact) mass is 180 g/mol. The van der Waals surface area contributed by atoms with E-state index >= 15 is 0 Å². The van der Waals surface area contributed by atoms with Gasteiger partial charge < -0.3 is 15.2 Å². The molecule has 3 nitrogen and oxygen atoms in total. The molecule has 1 heterocycles. The maximum atomic E-state index is 5.71. The van der Waals surface area contributed by atoms with Crippen LogP contribution in [0.15, 0.2) is 24.3 Å². The maximum Gasteiger partial charge on any atom is 0.183 e. The predicted molar refractivity (Wildman–Crippen MR) is 48.7 cm³/mol. The average molecular weight is 180 g/mol. The zero-order valence-corrected chi connectivity index (χ0v) is 7.69. The van der Waals surface area contributed by atoms with Gasteiger partial charge in [-0.3, -0.25) is 0 Å². The zero-order valence-electron chi connectivity index (χ0n) is 7.69. The third kappa shape index (κ3) is 1.60. The van der Waals surface area contributed by atoms with Crippen LogP contribution in [0.3, 0.4) is 0 Å². The van der Waals surface area contributed by atoms with Gasteiger partial charge in [0.05, 0.1) is 0 Å². The summed E-state index contributed by atoms with van der Waals surface area (Å²) in [5, 5.41) is 0. The van der Waals surface area contributed by atoms with E-state index in [-0.39, 0.29) is 12.1 Å². The molecule has 0 amide bonds. The Bertz CT molecular complexity index is 299. The summed E-state index contributed by atoms with van der Waals surface area (Å²) < 4.78 is 11.2. The van der Waals surface area contributed by atoms with Crippen molar-refractivity contribution in [1.29, 1.82) is 0 Å². The lowest BCUT2D eigenvalue weighted by molar-refractivity contribution is -0.431. The molecule has 1 aromatic rings. The van der Waals surface area contributed by atoms with Crippen molar-refractivity contribution in [3.05, 3.63) is 24.3 Å². The molecule has 2 rings (SSSR count). The Labute approximate surface area is 77.5 Å². The van der Waals surface area contributed by atoms with Crippen LogP contribution >= 0.6 is 0 Å². The molecule has 0 bridgehead atoms. The highest BCUT2D eigenvalue weighted by Gasteiger charge is 2.25. The molecule has 1 aromatic carbocycles. The topological polar surface area (TPSA) is 46.1 Å². The fourth-order valence-corrected chi connectivity index (χ4v) is 1.32. The van der Waals surface area contributed by atoms with Crippen LogP contribution in [0, 0.1) is 0 Å². The molecule has 0 aliphatic carbocycles. The Morgan fingerprint density at radius 2 is 2.08 bits per heavy atom. The van der Waals surface area contributed by atoms with Gasteiger partial charge in [0.15, 0.2) is 17.6 Å². The Hall–Kier alpha value is -1.22. The van der Waals surface area contributed by atoms with E-state index in [1.165, 1.54) is 0 Å². The van der Waals surface area contributed by atoms with Crippen LogP contribution < -0.4 is 15.2 Å². The number of ether oxygens (including phenoxy) is 2. The van der Waals surface area contributed by atoms with Gasteiger partial charge in [-0.2, -0.15) is 0 Å². The summed E-state index contributed by atoms with van der Waals surface area (Å²) in [5.41, 5.74) is 3.93. The van der Waals surface area contributed by atoms with Crippen LogP contribution in [0.5, 0.6) is 11.5 Å². The molecule has 13 heavy (non-hydrogen) atoms. The summed E-state index contributed by atoms with van der Waals surface area (Å²) >= 11 is 0. The van der Waals surface area contributed by atoms with Crippen molar-refractivity contribution in [3.8, 4) is 11.5 Å². The van der Waals surface area contributed by atoms with Crippen LogP contribution in [0.2, 0.25) is 0 Å². The molecule has 2 atom stereocenters. The summed E-state index contributed by atoms with van der Waals surface area (Å²) in [6.07, 6.45) is 0.0786. The van der Waals surface area contributed by atoms with Crippen LogP contribution in [0.25, 0.3) is 0 Å². The Balaban J connectivity index is 2.20. The van der Waals surface area contributed by atoms with E-state index in [9.17, 15) is 0 Å². The normalized spacial score (nSPS) is 22.5. The number of fused-ring (bicyclic) bond motifs is 1. The highest BCUT2D eigenvalue weighted by atomic mass is 16.6. The molecule has 2 unspecified atom stereocenters. The lowest BCUT2D eigenvalue weighted by Gasteiger charge is -2.26.